The highest BCUT2D eigenvalue weighted by Gasteiger charge is 2.43. The maximum Gasteiger partial charge on any atom is 0.319 e. The lowest BCUT2D eigenvalue weighted by atomic mass is 10.0. The van der Waals surface area contributed by atoms with Crippen molar-refractivity contribution in [2.24, 2.45) is 0 Å². The summed E-state index contributed by atoms with van der Waals surface area (Å²) in [4.78, 5) is 15.2. The van der Waals surface area contributed by atoms with E-state index in [-0.39, 0.29) is 25.0 Å². The molecule has 0 spiro atoms. The lowest BCUT2D eigenvalue weighted by Crippen LogP contribution is -2.56. The van der Waals surface area contributed by atoms with Crippen LogP contribution >= 0.6 is 0 Å². The van der Waals surface area contributed by atoms with Gasteiger partial charge < -0.3 is 10.2 Å². The summed E-state index contributed by atoms with van der Waals surface area (Å²) in [6.45, 7) is 0.916. The van der Waals surface area contributed by atoms with Crippen molar-refractivity contribution in [3.05, 3.63) is 0 Å². The summed E-state index contributed by atoms with van der Waals surface area (Å²) >= 11 is 0. The van der Waals surface area contributed by atoms with Crippen LogP contribution in [0.3, 0.4) is 0 Å². The summed E-state index contributed by atoms with van der Waals surface area (Å²) in [5, 5.41) is 3.16. The number of piperazine rings is 1. The van der Waals surface area contributed by atoms with Gasteiger partial charge in [0.2, 0.25) is 5.91 Å². The van der Waals surface area contributed by atoms with E-state index in [4.69, 9.17) is 0 Å². The minimum Gasteiger partial charge on any atom is -0.339 e. The lowest BCUT2D eigenvalue weighted by Gasteiger charge is -2.38. The van der Waals surface area contributed by atoms with Crippen molar-refractivity contribution in [2.45, 2.75) is 37.7 Å². The summed E-state index contributed by atoms with van der Waals surface area (Å²) in [5.41, 5.74) is 0. The molecule has 1 atom stereocenters. The zero-order valence-electron chi connectivity index (χ0n) is 11.8. The molecule has 0 aromatic rings. The highest BCUT2D eigenvalue weighted by Crippen LogP contribution is 2.24. The average Bonchev–Trinajstić information content (AvgIpc) is 2.48. The molecule has 8 heteroatoms. The highest BCUT2D eigenvalue weighted by atomic mass is 19.3. The van der Waals surface area contributed by atoms with Crippen molar-refractivity contribution in [3.8, 4) is 0 Å². The zero-order chi connectivity index (χ0) is 15.5. The number of nitrogens with one attached hydrogen (secondary N) is 1. The van der Waals surface area contributed by atoms with E-state index >= 15 is 0 Å². The predicted octanol–water partition coefficient (Wildman–Crippen LogP) is 1.17. The van der Waals surface area contributed by atoms with Crippen LogP contribution in [-0.2, 0) is 4.79 Å². The van der Waals surface area contributed by atoms with Gasteiger partial charge in [-0.05, 0) is 19.4 Å². The second kappa shape index (κ2) is 6.91. The third-order valence-corrected chi connectivity index (χ3v) is 4.05. The van der Waals surface area contributed by atoms with Crippen LogP contribution in [0.15, 0.2) is 0 Å². The topological polar surface area (TPSA) is 35.6 Å². The Kier molecular flexibility index (Phi) is 5.43. The molecule has 0 unspecified atom stereocenters. The summed E-state index contributed by atoms with van der Waals surface area (Å²) in [6.07, 6.45) is -0.796. The molecule has 1 N–H and O–H groups in total. The number of hydrogen-bond acceptors (Lipinski definition) is 3. The van der Waals surface area contributed by atoms with Crippen LogP contribution in [0.1, 0.15) is 19.3 Å². The first-order valence-corrected chi connectivity index (χ1v) is 7.30. The molecule has 2 saturated heterocycles. The third-order valence-electron chi connectivity index (χ3n) is 4.05. The number of piperidine rings is 1. The number of hydrogen-bond donors (Lipinski definition) is 1. The van der Waals surface area contributed by atoms with Gasteiger partial charge in [-0.25, -0.2) is 8.78 Å². The minimum atomic E-state index is -3.99. The van der Waals surface area contributed by atoms with Crippen LogP contribution in [0.2, 0.25) is 0 Å². The number of nitrogens with zero attached hydrogens (tertiary/aromatic N) is 2. The third kappa shape index (κ3) is 4.29. The van der Waals surface area contributed by atoms with Gasteiger partial charge in [-0.2, -0.15) is 8.78 Å². The Balaban J connectivity index is 1.78. The summed E-state index contributed by atoms with van der Waals surface area (Å²) in [6, 6.07) is -0.187. The smallest absolute Gasteiger partial charge is 0.319 e. The van der Waals surface area contributed by atoms with E-state index in [0.717, 1.165) is 25.8 Å². The zero-order valence-corrected chi connectivity index (χ0v) is 11.8. The van der Waals surface area contributed by atoms with Crippen LogP contribution in [0, 0.1) is 0 Å². The number of alkyl halides is 4. The van der Waals surface area contributed by atoms with Gasteiger partial charge in [0.25, 0.3) is 0 Å². The van der Waals surface area contributed by atoms with Gasteiger partial charge in [-0.15, -0.1) is 0 Å². The van der Waals surface area contributed by atoms with Gasteiger partial charge in [0.15, 0.2) is 0 Å². The molecule has 122 valence electrons. The molecule has 0 bridgehead atoms. The maximum absolute atomic E-state index is 13.0. The van der Waals surface area contributed by atoms with Crippen molar-refractivity contribution in [3.63, 3.8) is 0 Å². The SMILES string of the molecule is O=C([C@H]1CCCCN1)N1CCN(CC(F)(F)C(F)F)CC1. The van der Waals surface area contributed by atoms with Crippen molar-refractivity contribution in [2.75, 3.05) is 39.3 Å². The number of rotatable bonds is 4. The van der Waals surface area contributed by atoms with Gasteiger partial charge >= 0.3 is 12.3 Å². The largest absolute Gasteiger partial charge is 0.339 e. The molecule has 0 aromatic carbocycles. The van der Waals surface area contributed by atoms with Gasteiger partial charge in [-0.3, -0.25) is 9.69 Å². The molecular formula is C13H21F4N3O. The van der Waals surface area contributed by atoms with Gasteiger partial charge in [0.05, 0.1) is 12.6 Å². The first-order chi connectivity index (χ1) is 9.90. The molecule has 2 rings (SSSR count). The van der Waals surface area contributed by atoms with E-state index in [9.17, 15) is 22.4 Å². The Morgan fingerprint density at radius 3 is 2.38 bits per heavy atom. The molecule has 0 aromatic heterocycles. The average molecular weight is 311 g/mol. The Morgan fingerprint density at radius 2 is 1.86 bits per heavy atom. The van der Waals surface area contributed by atoms with Crippen molar-refractivity contribution in [1.29, 1.82) is 0 Å². The summed E-state index contributed by atoms with van der Waals surface area (Å²) < 4.78 is 50.3. The van der Waals surface area contributed by atoms with Crippen molar-refractivity contribution < 1.29 is 22.4 Å². The molecule has 2 aliphatic rings. The molecule has 21 heavy (non-hydrogen) atoms. The number of carbonyl (C=O) groups is 1. The number of amides is 1. The van der Waals surface area contributed by atoms with E-state index in [0.29, 0.717) is 13.1 Å². The minimum absolute atomic E-state index is 0.00466. The fourth-order valence-corrected chi connectivity index (χ4v) is 2.78. The number of halogens is 4. The first-order valence-electron chi connectivity index (χ1n) is 7.30. The molecule has 0 aliphatic carbocycles. The fraction of sp³-hybridized carbons (Fsp3) is 0.923. The van der Waals surface area contributed by atoms with Gasteiger partial charge in [0, 0.05) is 26.2 Å². The number of carbonyl (C=O) groups excluding carboxylic acids is 1. The van der Waals surface area contributed by atoms with E-state index < -0.39 is 18.9 Å². The van der Waals surface area contributed by atoms with E-state index in [2.05, 4.69) is 5.32 Å². The molecule has 4 nitrogen and oxygen atoms in total. The second-order valence-electron chi connectivity index (χ2n) is 5.67. The molecular weight excluding hydrogens is 290 g/mol. The summed E-state index contributed by atoms with van der Waals surface area (Å²) in [7, 11) is 0. The van der Waals surface area contributed by atoms with Crippen LogP contribution in [0.5, 0.6) is 0 Å². The Labute approximate surface area is 121 Å². The molecule has 0 saturated carbocycles. The van der Waals surface area contributed by atoms with Gasteiger partial charge in [-0.1, -0.05) is 6.42 Å². The molecule has 2 heterocycles. The van der Waals surface area contributed by atoms with Crippen LogP contribution in [0.25, 0.3) is 0 Å². The van der Waals surface area contributed by atoms with Crippen LogP contribution in [-0.4, -0.2) is 73.4 Å². The first kappa shape index (κ1) is 16.5. The second-order valence-corrected chi connectivity index (χ2v) is 5.67. The maximum atomic E-state index is 13.0. The molecule has 2 fully saturated rings. The molecule has 1 amide bonds. The predicted molar refractivity (Wildman–Crippen MR) is 69.6 cm³/mol. The normalized spacial score (nSPS) is 25.4. The van der Waals surface area contributed by atoms with E-state index in [1.807, 2.05) is 0 Å². The summed E-state index contributed by atoms with van der Waals surface area (Å²) in [5.74, 6) is -3.99. The lowest BCUT2D eigenvalue weighted by molar-refractivity contribution is -0.149. The van der Waals surface area contributed by atoms with Crippen LogP contribution < -0.4 is 5.32 Å². The standard InChI is InChI=1S/C13H21F4N3O/c14-12(15)13(16,17)9-19-5-7-20(8-6-19)11(21)10-3-1-2-4-18-10/h10,12,18H,1-9H2/t10-/m1/s1. The van der Waals surface area contributed by atoms with E-state index in [1.54, 1.807) is 4.90 Å². The Hall–Kier alpha value is -0.890. The van der Waals surface area contributed by atoms with Crippen LogP contribution in [0.4, 0.5) is 17.6 Å². The highest BCUT2D eigenvalue weighted by molar-refractivity contribution is 5.82. The molecule has 2 aliphatic heterocycles. The van der Waals surface area contributed by atoms with Crippen molar-refractivity contribution in [1.82, 2.24) is 15.1 Å². The van der Waals surface area contributed by atoms with Gasteiger partial charge in [0.1, 0.15) is 0 Å². The Morgan fingerprint density at radius 1 is 1.19 bits per heavy atom. The molecule has 0 radical (unpaired) electrons. The fourth-order valence-electron chi connectivity index (χ4n) is 2.78. The Bertz CT molecular complexity index is 353. The quantitative estimate of drug-likeness (QED) is 0.792. The van der Waals surface area contributed by atoms with E-state index in [1.165, 1.54) is 4.90 Å². The van der Waals surface area contributed by atoms with Crippen molar-refractivity contribution >= 4 is 5.91 Å². The monoisotopic (exact) mass is 311 g/mol.